The van der Waals surface area contributed by atoms with Crippen molar-refractivity contribution in [1.82, 2.24) is 15.2 Å². The van der Waals surface area contributed by atoms with Gasteiger partial charge in [-0.1, -0.05) is 5.92 Å². The number of anilines is 1. The predicted octanol–water partition coefficient (Wildman–Crippen LogP) is 0.980. The number of rotatable bonds is 5. The fourth-order valence-electron chi connectivity index (χ4n) is 3.49. The number of nitrogens with zero attached hydrogens (tertiary/aromatic N) is 4. The number of aromatic nitrogens is 1. The zero-order valence-electron chi connectivity index (χ0n) is 15.3. The Kier molecular flexibility index (Phi) is 5.81. The molecule has 28 heavy (non-hydrogen) atoms. The first-order chi connectivity index (χ1) is 13.5. The van der Waals surface area contributed by atoms with Gasteiger partial charge in [-0.25, -0.2) is 9.78 Å². The number of carboxylic acids is 1. The van der Waals surface area contributed by atoms with E-state index >= 15 is 0 Å². The van der Waals surface area contributed by atoms with Crippen LogP contribution in [-0.4, -0.2) is 58.6 Å². The summed E-state index contributed by atoms with van der Waals surface area (Å²) in [4.78, 5) is 31.3. The Morgan fingerprint density at radius 3 is 2.82 bits per heavy atom. The van der Waals surface area contributed by atoms with Crippen LogP contribution in [0.1, 0.15) is 29.6 Å². The van der Waals surface area contributed by atoms with Crippen LogP contribution in [0.2, 0.25) is 0 Å². The SMILES string of the molecule is C#C[C@H]1CC[C@@H](C#N)N1C(=O)CNC1=CCN(c2cc(C(=O)O)ccn2)CC1. The molecule has 2 aliphatic rings. The number of carbonyl (C=O) groups excluding carboxylic acids is 1. The minimum absolute atomic E-state index is 0.0922. The number of hydrogen-bond donors (Lipinski definition) is 2. The number of carbonyl (C=O) groups is 2. The molecule has 0 aromatic carbocycles. The van der Waals surface area contributed by atoms with E-state index in [0.29, 0.717) is 38.2 Å². The second-order valence-electron chi connectivity index (χ2n) is 6.69. The van der Waals surface area contributed by atoms with E-state index in [4.69, 9.17) is 11.5 Å². The van der Waals surface area contributed by atoms with Crippen molar-refractivity contribution in [2.75, 3.05) is 24.5 Å². The summed E-state index contributed by atoms with van der Waals surface area (Å²) >= 11 is 0. The molecule has 2 atom stereocenters. The highest BCUT2D eigenvalue weighted by atomic mass is 16.4. The molecule has 3 heterocycles. The van der Waals surface area contributed by atoms with E-state index in [9.17, 15) is 14.9 Å². The van der Waals surface area contributed by atoms with E-state index in [2.05, 4.69) is 22.3 Å². The number of amides is 1. The summed E-state index contributed by atoms with van der Waals surface area (Å²) in [5.41, 5.74) is 1.13. The first-order valence-corrected chi connectivity index (χ1v) is 9.07. The summed E-state index contributed by atoms with van der Waals surface area (Å²) in [5, 5.41) is 21.5. The lowest BCUT2D eigenvalue weighted by atomic mass is 10.2. The highest BCUT2D eigenvalue weighted by Gasteiger charge is 2.35. The van der Waals surface area contributed by atoms with Gasteiger partial charge in [-0.3, -0.25) is 4.79 Å². The third-order valence-corrected chi connectivity index (χ3v) is 5.01. The molecule has 8 heteroatoms. The maximum Gasteiger partial charge on any atom is 0.335 e. The van der Waals surface area contributed by atoms with E-state index in [1.165, 1.54) is 17.2 Å². The second-order valence-corrected chi connectivity index (χ2v) is 6.69. The highest BCUT2D eigenvalue weighted by Crippen LogP contribution is 2.23. The van der Waals surface area contributed by atoms with Crippen molar-refractivity contribution in [1.29, 1.82) is 5.26 Å². The van der Waals surface area contributed by atoms with Gasteiger partial charge < -0.3 is 20.2 Å². The number of likely N-dealkylation sites (tertiary alicyclic amines) is 1. The molecule has 0 unspecified atom stereocenters. The molecular weight excluding hydrogens is 358 g/mol. The van der Waals surface area contributed by atoms with Gasteiger partial charge in [0.2, 0.25) is 5.91 Å². The molecular formula is C20H21N5O3. The quantitative estimate of drug-likeness (QED) is 0.734. The molecule has 1 amide bonds. The summed E-state index contributed by atoms with van der Waals surface area (Å²) in [5.74, 6) is 2.04. The number of nitrogens with one attached hydrogen (secondary N) is 1. The van der Waals surface area contributed by atoms with Crippen LogP contribution in [0.4, 0.5) is 5.82 Å². The molecule has 0 saturated carbocycles. The van der Waals surface area contributed by atoms with Crippen LogP contribution in [0, 0.1) is 23.7 Å². The van der Waals surface area contributed by atoms with Crippen molar-refractivity contribution < 1.29 is 14.7 Å². The van der Waals surface area contributed by atoms with Gasteiger partial charge in [-0.2, -0.15) is 5.26 Å². The number of hydrogen-bond acceptors (Lipinski definition) is 6. The molecule has 1 fully saturated rings. The van der Waals surface area contributed by atoms with Gasteiger partial charge in [0.1, 0.15) is 11.9 Å². The Morgan fingerprint density at radius 1 is 1.39 bits per heavy atom. The Balaban J connectivity index is 1.57. The number of terminal acetylenes is 1. The maximum atomic E-state index is 12.5. The molecule has 1 saturated heterocycles. The Hall–Kier alpha value is -3.52. The average molecular weight is 379 g/mol. The average Bonchev–Trinajstić information content (AvgIpc) is 3.15. The van der Waals surface area contributed by atoms with Crippen LogP contribution in [-0.2, 0) is 4.79 Å². The molecule has 2 aliphatic heterocycles. The van der Waals surface area contributed by atoms with Gasteiger partial charge in [0.05, 0.1) is 24.2 Å². The molecule has 0 radical (unpaired) electrons. The molecule has 144 valence electrons. The molecule has 0 bridgehead atoms. The largest absolute Gasteiger partial charge is 0.478 e. The molecule has 0 aliphatic carbocycles. The minimum Gasteiger partial charge on any atom is -0.478 e. The van der Waals surface area contributed by atoms with Crippen LogP contribution in [0.25, 0.3) is 0 Å². The smallest absolute Gasteiger partial charge is 0.335 e. The topological polar surface area (TPSA) is 110 Å². The summed E-state index contributed by atoms with van der Waals surface area (Å²) in [6.45, 7) is 1.31. The zero-order chi connectivity index (χ0) is 20.1. The monoisotopic (exact) mass is 379 g/mol. The van der Waals surface area contributed by atoms with Crippen LogP contribution in [0.5, 0.6) is 0 Å². The van der Waals surface area contributed by atoms with E-state index < -0.39 is 12.0 Å². The highest BCUT2D eigenvalue weighted by molar-refractivity contribution is 5.88. The minimum atomic E-state index is -0.986. The van der Waals surface area contributed by atoms with Gasteiger partial charge in [0.15, 0.2) is 0 Å². The molecule has 2 N–H and O–H groups in total. The molecule has 0 spiro atoms. The van der Waals surface area contributed by atoms with E-state index in [0.717, 1.165) is 5.70 Å². The summed E-state index contributed by atoms with van der Waals surface area (Å²) in [6, 6.07) is 4.38. The Labute approximate surface area is 163 Å². The fourth-order valence-corrected chi connectivity index (χ4v) is 3.49. The Morgan fingerprint density at radius 2 is 2.18 bits per heavy atom. The van der Waals surface area contributed by atoms with Crippen LogP contribution in [0.15, 0.2) is 30.1 Å². The van der Waals surface area contributed by atoms with E-state index in [-0.39, 0.29) is 24.1 Å². The number of aromatic carboxylic acids is 1. The van der Waals surface area contributed by atoms with Crippen molar-refractivity contribution in [3.8, 4) is 18.4 Å². The molecule has 1 aromatic rings. The Bertz CT molecular complexity index is 861. The second kappa shape index (κ2) is 8.45. The van der Waals surface area contributed by atoms with Crippen molar-refractivity contribution in [2.24, 2.45) is 0 Å². The first-order valence-electron chi connectivity index (χ1n) is 9.07. The summed E-state index contributed by atoms with van der Waals surface area (Å²) in [6.07, 6.45) is 10.9. The van der Waals surface area contributed by atoms with Crippen LogP contribution in [0.3, 0.4) is 0 Å². The van der Waals surface area contributed by atoms with Gasteiger partial charge in [-0.15, -0.1) is 6.42 Å². The van der Waals surface area contributed by atoms with Crippen molar-refractivity contribution in [2.45, 2.75) is 31.3 Å². The van der Waals surface area contributed by atoms with E-state index in [1.54, 1.807) is 6.07 Å². The van der Waals surface area contributed by atoms with Gasteiger partial charge in [0.25, 0.3) is 0 Å². The first kappa shape index (κ1) is 19.2. The third kappa shape index (κ3) is 4.07. The van der Waals surface area contributed by atoms with Gasteiger partial charge >= 0.3 is 5.97 Å². The molecule has 8 nitrogen and oxygen atoms in total. The van der Waals surface area contributed by atoms with Crippen molar-refractivity contribution in [3.05, 3.63) is 35.7 Å². The predicted molar refractivity (Wildman–Crippen MR) is 102 cm³/mol. The van der Waals surface area contributed by atoms with Crippen LogP contribution >= 0.6 is 0 Å². The number of pyridine rings is 1. The standard InChI is InChI=1S/C20H21N5O3/c1-2-16-3-4-17(12-21)25(16)19(26)13-23-15-6-9-24(10-7-15)18-11-14(20(27)28)5-8-22-18/h1,5-6,8,11,16-17,23H,3-4,7,9-10,13H2,(H,27,28)/t16-,17-/m0/s1. The third-order valence-electron chi connectivity index (χ3n) is 5.01. The lowest BCUT2D eigenvalue weighted by Crippen LogP contribution is -2.45. The molecule has 1 aromatic heterocycles. The lowest BCUT2D eigenvalue weighted by molar-refractivity contribution is -0.131. The number of carboxylic acid groups (broad SMARTS) is 1. The van der Waals surface area contributed by atoms with Crippen molar-refractivity contribution in [3.63, 3.8) is 0 Å². The number of nitriles is 1. The maximum absolute atomic E-state index is 12.5. The fraction of sp³-hybridized carbons (Fsp3) is 0.400. The summed E-state index contributed by atoms with van der Waals surface area (Å²) < 4.78 is 0. The molecule has 3 rings (SSSR count). The summed E-state index contributed by atoms with van der Waals surface area (Å²) in [7, 11) is 0. The lowest BCUT2D eigenvalue weighted by Gasteiger charge is -2.29. The van der Waals surface area contributed by atoms with Gasteiger partial charge in [-0.05, 0) is 31.1 Å². The zero-order valence-corrected chi connectivity index (χ0v) is 15.3. The van der Waals surface area contributed by atoms with E-state index in [1.807, 2.05) is 11.0 Å². The van der Waals surface area contributed by atoms with Gasteiger partial charge in [0, 0.05) is 31.4 Å². The van der Waals surface area contributed by atoms with Crippen molar-refractivity contribution >= 4 is 17.7 Å². The van der Waals surface area contributed by atoms with Crippen LogP contribution < -0.4 is 10.2 Å². The normalized spacial score (nSPS) is 21.4.